The number of ether oxygens (including phenoxy) is 2. The summed E-state index contributed by atoms with van der Waals surface area (Å²) in [7, 11) is 3.00. The highest BCUT2D eigenvalue weighted by Crippen LogP contribution is 2.30. The third-order valence-corrected chi connectivity index (χ3v) is 5.10. The van der Waals surface area contributed by atoms with Gasteiger partial charge in [-0.15, -0.1) is 0 Å². The molecule has 1 aromatic carbocycles. The number of methoxy groups -OCH3 is 2. The molecule has 10 nitrogen and oxygen atoms in total. The van der Waals surface area contributed by atoms with Gasteiger partial charge in [0.15, 0.2) is 0 Å². The van der Waals surface area contributed by atoms with Crippen LogP contribution in [0, 0.1) is 0 Å². The lowest BCUT2D eigenvalue weighted by Crippen LogP contribution is -2.54. The summed E-state index contributed by atoms with van der Waals surface area (Å²) in [6.07, 6.45) is 3.22. The van der Waals surface area contributed by atoms with Crippen molar-refractivity contribution >= 4 is 28.4 Å². The molecule has 1 amide bonds. The van der Waals surface area contributed by atoms with E-state index in [4.69, 9.17) is 9.47 Å². The van der Waals surface area contributed by atoms with Crippen LogP contribution >= 0.6 is 0 Å². The summed E-state index contributed by atoms with van der Waals surface area (Å²) in [5.41, 5.74) is 1.86. The van der Waals surface area contributed by atoms with Crippen LogP contribution in [-0.4, -0.2) is 65.2 Å². The Hall–Kier alpha value is -3.53. The maximum absolute atomic E-state index is 13.1. The largest absolute Gasteiger partial charge is 0.481 e. The van der Waals surface area contributed by atoms with Crippen molar-refractivity contribution in [3.8, 4) is 11.9 Å². The van der Waals surface area contributed by atoms with Crippen LogP contribution in [0.1, 0.15) is 24.2 Å². The molecule has 0 aliphatic carbocycles. The number of hydrogen-bond donors (Lipinski definition) is 2. The second-order valence-electron chi connectivity index (χ2n) is 7.50. The third kappa shape index (κ3) is 4.33. The molecular weight excluding hydrogens is 398 g/mol. The van der Waals surface area contributed by atoms with Crippen LogP contribution in [0.2, 0.25) is 0 Å². The Morgan fingerprint density at radius 3 is 2.58 bits per heavy atom. The SMILES string of the molecule is COc1ccnc(NC(=O)c2ccc(N3C[C@H](C)N[C@@H](C)C3)c3cnc(OC)nc23)n1. The molecule has 2 atom stereocenters. The quantitative estimate of drug-likeness (QED) is 0.635. The first-order valence-corrected chi connectivity index (χ1v) is 10.0. The molecule has 1 fully saturated rings. The Bertz CT molecular complexity index is 1100. The summed E-state index contributed by atoms with van der Waals surface area (Å²) in [5, 5.41) is 7.02. The second kappa shape index (κ2) is 8.68. The number of rotatable bonds is 5. The molecule has 10 heteroatoms. The van der Waals surface area contributed by atoms with Gasteiger partial charge in [0, 0.05) is 54.7 Å². The zero-order chi connectivity index (χ0) is 22.0. The number of fused-ring (bicyclic) bond motifs is 1. The number of piperazine rings is 1. The minimum absolute atomic E-state index is 0.146. The van der Waals surface area contributed by atoms with E-state index in [1.54, 1.807) is 18.3 Å². The molecule has 1 aliphatic rings. The fourth-order valence-electron chi connectivity index (χ4n) is 3.86. The van der Waals surface area contributed by atoms with Gasteiger partial charge in [-0.3, -0.25) is 10.1 Å². The monoisotopic (exact) mass is 423 g/mol. The van der Waals surface area contributed by atoms with E-state index in [1.807, 2.05) is 6.07 Å². The highest BCUT2D eigenvalue weighted by molar-refractivity contribution is 6.13. The number of anilines is 2. The second-order valence-corrected chi connectivity index (χ2v) is 7.50. The molecule has 1 saturated heterocycles. The van der Waals surface area contributed by atoms with E-state index in [1.165, 1.54) is 20.4 Å². The molecule has 0 spiro atoms. The molecule has 2 N–H and O–H groups in total. The summed E-state index contributed by atoms with van der Waals surface area (Å²) < 4.78 is 10.3. The van der Waals surface area contributed by atoms with Gasteiger partial charge in [-0.25, -0.2) is 9.97 Å². The summed E-state index contributed by atoms with van der Waals surface area (Å²) in [6.45, 7) is 5.99. The number of hydrogen-bond acceptors (Lipinski definition) is 9. The van der Waals surface area contributed by atoms with Crippen LogP contribution in [0.5, 0.6) is 11.9 Å². The molecule has 0 unspecified atom stereocenters. The number of nitrogens with zero attached hydrogens (tertiary/aromatic N) is 5. The number of benzene rings is 1. The topological polar surface area (TPSA) is 114 Å². The van der Waals surface area contributed by atoms with Gasteiger partial charge < -0.3 is 19.7 Å². The van der Waals surface area contributed by atoms with Crippen LogP contribution in [0.25, 0.3) is 10.9 Å². The molecule has 3 aromatic rings. The van der Waals surface area contributed by atoms with Crippen LogP contribution in [0.15, 0.2) is 30.6 Å². The predicted molar refractivity (Wildman–Crippen MR) is 117 cm³/mol. The van der Waals surface area contributed by atoms with Crippen molar-refractivity contribution in [3.63, 3.8) is 0 Å². The van der Waals surface area contributed by atoms with E-state index in [2.05, 4.69) is 49.3 Å². The average molecular weight is 423 g/mol. The Morgan fingerprint density at radius 1 is 1.10 bits per heavy atom. The molecule has 0 saturated carbocycles. The minimum atomic E-state index is -0.382. The smallest absolute Gasteiger partial charge is 0.316 e. The molecular formula is C21H25N7O3. The molecule has 1 aliphatic heterocycles. The first-order valence-electron chi connectivity index (χ1n) is 10.0. The zero-order valence-electron chi connectivity index (χ0n) is 17.9. The lowest BCUT2D eigenvalue weighted by atomic mass is 10.0. The standard InChI is InChI=1S/C21H25N7O3/c1-12-10-28(11-13(2)24-12)16-6-5-14(18-15(16)9-23-21(26-18)31-4)19(29)27-20-22-8-7-17(25-20)30-3/h5-9,12-13,24H,10-11H2,1-4H3,(H,22,25,27,29)/t12-,13-/m0/s1. The molecule has 162 valence electrons. The normalized spacial score (nSPS) is 18.6. The molecule has 31 heavy (non-hydrogen) atoms. The van der Waals surface area contributed by atoms with E-state index in [0.717, 1.165) is 24.2 Å². The highest BCUT2D eigenvalue weighted by atomic mass is 16.5. The fraction of sp³-hybridized carbons (Fsp3) is 0.381. The van der Waals surface area contributed by atoms with Crippen molar-refractivity contribution in [2.75, 3.05) is 37.5 Å². The van der Waals surface area contributed by atoms with Crippen molar-refractivity contribution in [3.05, 3.63) is 36.2 Å². The van der Waals surface area contributed by atoms with Crippen LogP contribution in [0.3, 0.4) is 0 Å². The van der Waals surface area contributed by atoms with Crippen molar-refractivity contribution in [1.29, 1.82) is 0 Å². The van der Waals surface area contributed by atoms with Crippen LogP contribution < -0.4 is 25.0 Å². The van der Waals surface area contributed by atoms with Crippen molar-refractivity contribution in [1.82, 2.24) is 25.3 Å². The summed E-state index contributed by atoms with van der Waals surface area (Å²) in [5.74, 6) is 0.122. The van der Waals surface area contributed by atoms with E-state index < -0.39 is 0 Å². The van der Waals surface area contributed by atoms with Crippen LogP contribution in [-0.2, 0) is 0 Å². The number of amides is 1. The highest BCUT2D eigenvalue weighted by Gasteiger charge is 2.24. The van der Waals surface area contributed by atoms with Crippen LogP contribution in [0.4, 0.5) is 11.6 Å². The Balaban J connectivity index is 1.74. The lowest BCUT2D eigenvalue weighted by molar-refractivity contribution is 0.102. The molecule has 0 bridgehead atoms. The minimum Gasteiger partial charge on any atom is -0.481 e. The zero-order valence-corrected chi connectivity index (χ0v) is 17.9. The third-order valence-electron chi connectivity index (χ3n) is 5.10. The Labute approximate surface area is 180 Å². The number of aromatic nitrogens is 4. The Kier molecular flexibility index (Phi) is 5.81. The van der Waals surface area contributed by atoms with Gasteiger partial charge in [-0.1, -0.05) is 0 Å². The maximum Gasteiger partial charge on any atom is 0.316 e. The van der Waals surface area contributed by atoms with Gasteiger partial charge >= 0.3 is 6.01 Å². The molecule has 4 rings (SSSR count). The van der Waals surface area contributed by atoms with Crippen molar-refractivity contribution < 1.29 is 14.3 Å². The van der Waals surface area contributed by atoms with E-state index in [0.29, 0.717) is 29.0 Å². The first kappa shape index (κ1) is 20.7. The average Bonchev–Trinajstić information content (AvgIpc) is 2.77. The maximum atomic E-state index is 13.1. The van der Waals surface area contributed by atoms with Crippen molar-refractivity contribution in [2.24, 2.45) is 0 Å². The van der Waals surface area contributed by atoms with E-state index in [9.17, 15) is 4.79 Å². The van der Waals surface area contributed by atoms with Gasteiger partial charge in [-0.05, 0) is 26.0 Å². The van der Waals surface area contributed by atoms with E-state index in [-0.39, 0.29) is 17.9 Å². The van der Waals surface area contributed by atoms with Gasteiger partial charge in [0.25, 0.3) is 5.91 Å². The molecule has 0 radical (unpaired) electrons. The van der Waals surface area contributed by atoms with Gasteiger partial charge in [0.05, 0.1) is 25.3 Å². The lowest BCUT2D eigenvalue weighted by Gasteiger charge is -2.38. The number of carbonyl (C=O) groups is 1. The molecule has 2 aromatic heterocycles. The summed E-state index contributed by atoms with van der Waals surface area (Å²) in [6, 6.07) is 6.17. The number of carbonyl (C=O) groups excluding carboxylic acids is 1. The Morgan fingerprint density at radius 2 is 1.87 bits per heavy atom. The van der Waals surface area contributed by atoms with Gasteiger partial charge in [-0.2, -0.15) is 9.97 Å². The van der Waals surface area contributed by atoms with Gasteiger partial charge in [0.2, 0.25) is 11.8 Å². The molecule has 3 heterocycles. The predicted octanol–water partition coefficient (Wildman–Crippen LogP) is 1.88. The van der Waals surface area contributed by atoms with E-state index >= 15 is 0 Å². The fourth-order valence-corrected chi connectivity index (χ4v) is 3.86. The van der Waals surface area contributed by atoms with Crippen molar-refractivity contribution in [2.45, 2.75) is 25.9 Å². The first-order chi connectivity index (χ1) is 15.0. The summed E-state index contributed by atoms with van der Waals surface area (Å²) >= 11 is 0. The summed E-state index contributed by atoms with van der Waals surface area (Å²) in [4.78, 5) is 32.3. The number of nitrogens with one attached hydrogen (secondary N) is 2. The van der Waals surface area contributed by atoms with Gasteiger partial charge in [0.1, 0.15) is 0 Å².